The Bertz CT molecular complexity index is 371. The van der Waals surface area contributed by atoms with Crippen LogP contribution in [0.3, 0.4) is 0 Å². The molecule has 3 N–H and O–H groups in total. The van der Waals surface area contributed by atoms with E-state index in [4.69, 9.17) is 0 Å². The van der Waals surface area contributed by atoms with Crippen molar-refractivity contribution in [1.82, 2.24) is 0 Å². The van der Waals surface area contributed by atoms with Gasteiger partial charge in [0.2, 0.25) is 0 Å². The number of halogens is 3. The van der Waals surface area contributed by atoms with Gasteiger partial charge >= 0.3 is 0 Å². The fourth-order valence-corrected chi connectivity index (χ4v) is 3.71. The summed E-state index contributed by atoms with van der Waals surface area (Å²) in [6.45, 7) is 2.17. The molecule has 0 radical (unpaired) electrons. The molecule has 0 aliphatic heterocycles. The van der Waals surface area contributed by atoms with Crippen molar-refractivity contribution < 1.29 is 10.2 Å². The number of anilines is 1. The van der Waals surface area contributed by atoms with Crippen LogP contribution in [0.2, 0.25) is 0 Å². The van der Waals surface area contributed by atoms with Crippen LogP contribution in [-0.2, 0) is 0 Å². The van der Waals surface area contributed by atoms with Crippen LogP contribution in [0, 0.1) is 5.41 Å². The normalized spacial score (nSPS) is 11.6. The van der Waals surface area contributed by atoms with Gasteiger partial charge in [0.1, 0.15) is 0 Å². The summed E-state index contributed by atoms with van der Waals surface area (Å²) in [4.78, 5) is 0. The molecule has 0 aliphatic carbocycles. The van der Waals surface area contributed by atoms with Crippen LogP contribution < -0.4 is 5.32 Å². The standard InChI is InChI=1S/C11H14Br3NO2/c1-11(5-16,6-17)4-15-10-8(13)2-7(12)3-9(10)14/h2-3,15-17H,4-6H2,1H3. The third-order valence-corrected chi connectivity index (χ3v) is 4.17. The zero-order chi connectivity index (χ0) is 13.1. The highest BCUT2D eigenvalue weighted by atomic mass is 79.9. The van der Waals surface area contributed by atoms with Crippen LogP contribution in [0.5, 0.6) is 0 Å². The topological polar surface area (TPSA) is 52.5 Å². The fourth-order valence-electron chi connectivity index (χ4n) is 1.17. The second kappa shape index (κ2) is 6.52. The lowest BCUT2D eigenvalue weighted by atomic mass is 9.93. The lowest BCUT2D eigenvalue weighted by Gasteiger charge is -2.26. The minimum atomic E-state index is -0.536. The molecule has 0 unspecified atom stereocenters. The zero-order valence-electron chi connectivity index (χ0n) is 9.30. The maximum atomic E-state index is 9.22. The molecule has 1 aromatic carbocycles. The van der Waals surface area contributed by atoms with Crippen molar-refractivity contribution in [1.29, 1.82) is 0 Å². The number of hydrogen-bond donors (Lipinski definition) is 3. The molecule has 6 heteroatoms. The summed E-state index contributed by atoms with van der Waals surface area (Å²) >= 11 is 10.3. The summed E-state index contributed by atoms with van der Waals surface area (Å²) in [6.07, 6.45) is 0. The Morgan fingerprint density at radius 1 is 1.12 bits per heavy atom. The van der Waals surface area contributed by atoms with Crippen molar-refractivity contribution in [2.75, 3.05) is 25.1 Å². The number of hydrogen-bond acceptors (Lipinski definition) is 3. The minimum Gasteiger partial charge on any atom is -0.396 e. The van der Waals surface area contributed by atoms with Crippen molar-refractivity contribution in [2.45, 2.75) is 6.92 Å². The van der Waals surface area contributed by atoms with Crippen molar-refractivity contribution in [3.05, 3.63) is 25.6 Å². The van der Waals surface area contributed by atoms with Gasteiger partial charge in [0.05, 0.1) is 18.9 Å². The average molecular weight is 432 g/mol. The number of aliphatic hydroxyl groups excluding tert-OH is 2. The quantitative estimate of drug-likeness (QED) is 0.670. The van der Waals surface area contributed by atoms with Gasteiger partial charge in [-0.1, -0.05) is 22.9 Å². The summed E-state index contributed by atoms with van der Waals surface area (Å²) in [5, 5.41) is 21.6. The first-order valence-electron chi connectivity index (χ1n) is 5.02. The highest BCUT2D eigenvalue weighted by Crippen LogP contribution is 2.35. The maximum absolute atomic E-state index is 9.22. The smallest absolute Gasteiger partial charge is 0.0630 e. The van der Waals surface area contributed by atoms with E-state index >= 15 is 0 Å². The molecule has 3 nitrogen and oxygen atoms in total. The molecule has 0 bridgehead atoms. The Morgan fingerprint density at radius 2 is 1.59 bits per heavy atom. The second-order valence-electron chi connectivity index (χ2n) is 4.22. The lowest BCUT2D eigenvalue weighted by Crippen LogP contribution is -2.34. The molecule has 0 aromatic heterocycles. The van der Waals surface area contributed by atoms with Crippen LogP contribution in [0.4, 0.5) is 5.69 Å². The lowest BCUT2D eigenvalue weighted by molar-refractivity contribution is 0.0806. The molecule has 0 amide bonds. The van der Waals surface area contributed by atoms with E-state index in [2.05, 4.69) is 53.1 Å². The van der Waals surface area contributed by atoms with E-state index in [9.17, 15) is 10.2 Å². The summed E-state index contributed by atoms with van der Waals surface area (Å²) in [5.41, 5.74) is 0.368. The number of rotatable bonds is 5. The first-order chi connectivity index (χ1) is 7.91. The highest BCUT2D eigenvalue weighted by molar-refractivity contribution is 9.11. The molecule has 1 aromatic rings. The van der Waals surface area contributed by atoms with E-state index in [1.54, 1.807) is 0 Å². The molecule has 0 aliphatic rings. The molecule has 1 rings (SSSR count). The number of nitrogens with one attached hydrogen (secondary N) is 1. The van der Waals surface area contributed by atoms with E-state index in [-0.39, 0.29) is 13.2 Å². The zero-order valence-corrected chi connectivity index (χ0v) is 14.1. The van der Waals surface area contributed by atoms with E-state index in [0.717, 1.165) is 19.1 Å². The van der Waals surface area contributed by atoms with Crippen molar-refractivity contribution in [3.8, 4) is 0 Å². The van der Waals surface area contributed by atoms with Gasteiger partial charge in [-0.2, -0.15) is 0 Å². The maximum Gasteiger partial charge on any atom is 0.0630 e. The highest BCUT2D eigenvalue weighted by Gasteiger charge is 2.22. The SMILES string of the molecule is CC(CO)(CO)CNc1c(Br)cc(Br)cc1Br. The van der Waals surface area contributed by atoms with E-state index in [0.29, 0.717) is 6.54 Å². The second-order valence-corrected chi connectivity index (χ2v) is 6.85. The Balaban J connectivity index is 2.83. The van der Waals surface area contributed by atoms with E-state index in [1.807, 2.05) is 19.1 Å². The van der Waals surface area contributed by atoms with Gasteiger partial charge in [0, 0.05) is 25.4 Å². The molecular formula is C11H14Br3NO2. The van der Waals surface area contributed by atoms with Crippen molar-refractivity contribution >= 4 is 53.5 Å². The Hall–Kier alpha value is 0.380. The third kappa shape index (κ3) is 4.21. The Kier molecular flexibility index (Phi) is 5.92. The average Bonchev–Trinajstić information content (AvgIpc) is 2.27. The van der Waals surface area contributed by atoms with Crippen molar-refractivity contribution in [2.24, 2.45) is 5.41 Å². The van der Waals surface area contributed by atoms with Gasteiger partial charge < -0.3 is 15.5 Å². The number of benzene rings is 1. The van der Waals surface area contributed by atoms with E-state index in [1.165, 1.54) is 0 Å². The van der Waals surface area contributed by atoms with Crippen LogP contribution in [0.1, 0.15) is 6.92 Å². The first-order valence-corrected chi connectivity index (χ1v) is 7.40. The largest absolute Gasteiger partial charge is 0.396 e. The molecule has 0 spiro atoms. The van der Waals surface area contributed by atoms with Crippen LogP contribution in [0.15, 0.2) is 25.6 Å². The monoisotopic (exact) mass is 429 g/mol. The molecule has 0 saturated heterocycles. The summed E-state index contributed by atoms with van der Waals surface area (Å²) in [7, 11) is 0. The summed E-state index contributed by atoms with van der Waals surface area (Å²) in [6, 6.07) is 3.87. The van der Waals surface area contributed by atoms with Gasteiger partial charge in [-0.3, -0.25) is 0 Å². The third-order valence-electron chi connectivity index (χ3n) is 2.46. The Morgan fingerprint density at radius 3 is 2.00 bits per heavy atom. The summed E-state index contributed by atoms with van der Waals surface area (Å²) < 4.78 is 2.79. The Labute approximate surface area is 126 Å². The van der Waals surface area contributed by atoms with Gasteiger partial charge in [0.15, 0.2) is 0 Å². The fraction of sp³-hybridized carbons (Fsp3) is 0.455. The summed E-state index contributed by atoms with van der Waals surface area (Å²) in [5.74, 6) is 0. The minimum absolute atomic E-state index is 0.0672. The van der Waals surface area contributed by atoms with E-state index < -0.39 is 5.41 Å². The molecule has 96 valence electrons. The number of aliphatic hydroxyl groups is 2. The van der Waals surface area contributed by atoms with Crippen LogP contribution >= 0.6 is 47.8 Å². The van der Waals surface area contributed by atoms with Crippen LogP contribution in [-0.4, -0.2) is 30.0 Å². The molecule has 0 atom stereocenters. The molecule has 17 heavy (non-hydrogen) atoms. The van der Waals surface area contributed by atoms with Crippen LogP contribution in [0.25, 0.3) is 0 Å². The van der Waals surface area contributed by atoms with Gasteiger partial charge in [-0.25, -0.2) is 0 Å². The predicted octanol–water partition coefficient (Wildman–Crippen LogP) is 3.38. The first kappa shape index (κ1) is 15.4. The van der Waals surface area contributed by atoms with Gasteiger partial charge in [0.25, 0.3) is 0 Å². The molecule has 0 saturated carbocycles. The molecular weight excluding hydrogens is 418 g/mol. The van der Waals surface area contributed by atoms with Gasteiger partial charge in [-0.05, 0) is 44.0 Å². The van der Waals surface area contributed by atoms with Crippen molar-refractivity contribution in [3.63, 3.8) is 0 Å². The molecule has 0 fully saturated rings. The molecule has 0 heterocycles. The van der Waals surface area contributed by atoms with Gasteiger partial charge in [-0.15, -0.1) is 0 Å². The predicted molar refractivity (Wildman–Crippen MR) is 80.3 cm³/mol.